The third-order valence-electron chi connectivity index (χ3n) is 3.68. The molecule has 2 aromatic rings. The van der Waals surface area contributed by atoms with Crippen molar-refractivity contribution in [1.82, 2.24) is 15.5 Å². The second-order valence-electron chi connectivity index (χ2n) is 5.85. The number of hydrogen-bond donors (Lipinski definition) is 2. The molecule has 1 heterocycles. The summed E-state index contributed by atoms with van der Waals surface area (Å²) in [6.45, 7) is 6.47. The van der Waals surface area contributed by atoms with Crippen LogP contribution in [0.2, 0.25) is 0 Å². The van der Waals surface area contributed by atoms with Gasteiger partial charge in [0.25, 0.3) is 0 Å². The molecule has 0 saturated heterocycles. The predicted octanol–water partition coefficient (Wildman–Crippen LogP) is 3.62. The first-order valence-corrected chi connectivity index (χ1v) is 7.90. The highest BCUT2D eigenvalue weighted by molar-refractivity contribution is 5.85. The molecule has 0 saturated carbocycles. The Kier molecular flexibility index (Phi) is 7.88. The molecule has 7 heteroatoms. The number of rotatable bonds is 8. The Morgan fingerprint density at radius 3 is 2.50 bits per heavy atom. The number of halogens is 1. The zero-order chi connectivity index (χ0) is 16.8. The van der Waals surface area contributed by atoms with Crippen LogP contribution in [0.5, 0.6) is 0 Å². The van der Waals surface area contributed by atoms with Crippen molar-refractivity contribution in [2.75, 3.05) is 0 Å². The van der Waals surface area contributed by atoms with E-state index >= 15 is 0 Å². The zero-order valence-corrected chi connectivity index (χ0v) is 15.0. The Morgan fingerprint density at radius 1 is 1.29 bits per heavy atom. The Bertz CT molecular complexity index is 641. The van der Waals surface area contributed by atoms with Gasteiger partial charge < -0.3 is 9.63 Å². The molecule has 0 aliphatic carbocycles. The van der Waals surface area contributed by atoms with Gasteiger partial charge in [0.15, 0.2) is 0 Å². The molecular formula is C17H24ClN3O3. The highest BCUT2D eigenvalue weighted by Gasteiger charge is 2.17. The van der Waals surface area contributed by atoms with Crippen LogP contribution < -0.4 is 5.32 Å². The topological polar surface area (TPSA) is 88.3 Å². The van der Waals surface area contributed by atoms with Gasteiger partial charge in [-0.25, -0.2) is 0 Å². The predicted molar refractivity (Wildman–Crippen MR) is 94.2 cm³/mol. The summed E-state index contributed by atoms with van der Waals surface area (Å²) in [4.78, 5) is 15.4. The van der Waals surface area contributed by atoms with Gasteiger partial charge >= 0.3 is 5.97 Å². The average Bonchev–Trinajstić information content (AvgIpc) is 3.00. The van der Waals surface area contributed by atoms with Gasteiger partial charge in [0.2, 0.25) is 11.7 Å². The molecule has 2 N–H and O–H groups in total. The number of carboxylic acids is 1. The first kappa shape index (κ1) is 20.1. The summed E-state index contributed by atoms with van der Waals surface area (Å²) >= 11 is 0. The maximum Gasteiger partial charge on any atom is 0.320 e. The van der Waals surface area contributed by atoms with Gasteiger partial charge in [-0.3, -0.25) is 10.1 Å². The van der Waals surface area contributed by atoms with Gasteiger partial charge in [-0.05, 0) is 17.9 Å². The zero-order valence-electron chi connectivity index (χ0n) is 14.2. The molecule has 2 rings (SSSR count). The van der Waals surface area contributed by atoms with E-state index in [1.54, 1.807) is 0 Å². The second kappa shape index (κ2) is 9.39. The van der Waals surface area contributed by atoms with E-state index in [0.29, 0.717) is 24.1 Å². The van der Waals surface area contributed by atoms with E-state index < -0.39 is 12.0 Å². The van der Waals surface area contributed by atoms with E-state index in [1.807, 2.05) is 19.1 Å². The van der Waals surface area contributed by atoms with Crippen molar-refractivity contribution < 1.29 is 14.4 Å². The van der Waals surface area contributed by atoms with Crippen molar-refractivity contribution in [3.63, 3.8) is 0 Å². The normalized spacial score (nSPS) is 12.0. The van der Waals surface area contributed by atoms with Crippen LogP contribution in [0, 0.1) is 0 Å². The number of hydrogen-bond acceptors (Lipinski definition) is 5. The largest absolute Gasteiger partial charge is 0.480 e. The summed E-state index contributed by atoms with van der Waals surface area (Å²) in [5.41, 5.74) is 2.13. The van der Waals surface area contributed by atoms with Crippen LogP contribution in [0.15, 0.2) is 28.8 Å². The maximum absolute atomic E-state index is 11.1. The van der Waals surface area contributed by atoms with Gasteiger partial charge in [0, 0.05) is 5.56 Å². The van der Waals surface area contributed by atoms with E-state index in [4.69, 9.17) is 9.63 Å². The molecule has 0 spiro atoms. The monoisotopic (exact) mass is 353 g/mol. The van der Waals surface area contributed by atoms with E-state index in [-0.39, 0.29) is 19.0 Å². The SMILES string of the molecule is CCCC(NCc1nc(-c2ccc(C(C)C)cc2)no1)C(=O)O.Cl. The standard InChI is InChI=1S/C17H23N3O3.ClH/c1-4-5-14(17(21)22)18-10-15-19-16(20-23-15)13-8-6-12(7-9-13)11(2)3;/h6-9,11,14,18H,4-5,10H2,1-3H3,(H,21,22);1H. The number of carbonyl (C=O) groups is 1. The van der Waals surface area contributed by atoms with Gasteiger partial charge in [-0.15, -0.1) is 12.4 Å². The van der Waals surface area contributed by atoms with Crippen molar-refractivity contribution in [2.24, 2.45) is 0 Å². The van der Waals surface area contributed by atoms with Crippen LogP contribution in [0.25, 0.3) is 11.4 Å². The quantitative estimate of drug-likeness (QED) is 0.753. The van der Waals surface area contributed by atoms with Crippen LogP contribution in [-0.2, 0) is 11.3 Å². The molecule has 132 valence electrons. The Balaban J connectivity index is 0.00000288. The molecule has 0 amide bonds. The third-order valence-corrected chi connectivity index (χ3v) is 3.68. The molecule has 1 aromatic heterocycles. The summed E-state index contributed by atoms with van der Waals surface area (Å²) < 4.78 is 5.19. The number of aliphatic carboxylic acids is 1. The Morgan fingerprint density at radius 2 is 1.96 bits per heavy atom. The van der Waals surface area contributed by atoms with E-state index in [1.165, 1.54) is 5.56 Å². The van der Waals surface area contributed by atoms with Crippen molar-refractivity contribution in [2.45, 2.75) is 52.1 Å². The minimum atomic E-state index is -0.865. The first-order valence-electron chi connectivity index (χ1n) is 7.90. The molecule has 0 bridgehead atoms. The lowest BCUT2D eigenvalue weighted by Gasteiger charge is -2.11. The van der Waals surface area contributed by atoms with Crippen molar-refractivity contribution in [1.29, 1.82) is 0 Å². The van der Waals surface area contributed by atoms with Crippen LogP contribution in [0.1, 0.15) is 51.0 Å². The van der Waals surface area contributed by atoms with Gasteiger partial charge in [-0.2, -0.15) is 4.98 Å². The molecule has 6 nitrogen and oxygen atoms in total. The molecule has 0 aliphatic rings. The van der Waals surface area contributed by atoms with Crippen LogP contribution in [0.4, 0.5) is 0 Å². The lowest BCUT2D eigenvalue weighted by atomic mass is 10.0. The lowest BCUT2D eigenvalue weighted by Crippen LogP contribution is -2.36. The highest BCUT2D eigenvalue weighted by atomic mass is 35.5. The average molecular weight is 354 g/mol. The smallest absolute Gasteiger partial charge is 0.320 e. The summed E-state index contributed by atoms with van der Waals surface area (Å²) in [5, 5.41) is 16.0. The molecule has 0 radical (unpaired) electrons. The van der Waals surface area contributed by atoms with Crippen LogP contribution in [-0.4, -0.2) is 27.3 Å². The molecular weight excluding hydrogens is 330 g/mol. The van der Waals surface area contributed by atoms with E-state index in [9.17, 15) is 4.79 Å². The Labute approximate surface area is 148 Å². The molecule has 0 aliphatic heterocycles. The minimum absolute atomic E-state index is 0. The van der Waals surface area contributed by atoms with Gasteiger partial charge in [-0.1, -0.05) is 56.6 Å². The number of benzene rings is 1. The third kappa shape index (κ3) is 5.32. The van der Waals surface area contributed by atoms with Gasteiger partial charge in [0.05, 0.1) is 6.54 Å². The summed E-state index contributed by atoms with van der Waals surface area (Å²) in [6, 6.07) is 7.44. The molecule has 1 unspecified atom stereocenters. The van der Waals surface area contributed by atoms with Crippen molar-refractivity contribution in [3.8, 4) is 11.4 Å². The minimum Gasteiger partial charge on any atom is -0.480 e. The second-order valence-corrected chi connectivity index (χ2v) is 5.85. The summed E-state index contributed by atoms with van der Waals surface area (Å²) in [6.07, 6.45) is 1.36. The lowest BCUT2D eigenvalue weighted by molar-refractivity contribution is -0.139. The molecule has 0 fully saturated rings. The van der Waals surface area contributed by atoms with Gasteiger partial charge in [0.1, 0.15) is 6.04 Å². The Hall–Kier alpha value is -1.92. The van der Waals surface area contributed by atoms with E-state index in [0.717, 1.165) is 12.0 Å². The number of nitrogens with one attached hydrogen (secondary N) is 1. The maximum atomic E-state index is 11.1. The van der Waals surface area contributed by atoms with Crippen molar-refractivity contribution in [3.05, 3.63) is 35.7 Å². The number of carboxylic acid groups (broad SMARTS) is 1. The molecule has 24 heavy (non-hydrogen) atoms. The summed E-state index contributed by atoms with van der Waals surface area (Å²) in [7, 11) is 0. The molecule has 1 atom stereocenters. The number of aromatic nitrogens is 2. The first-order chi connectivity index (χ1) is 11.0. The van der Waals surface area contributed by atoms with Crippen LogP contribution >= 0.6 is 12.4 Å². The fourth-order valence-electron chi connectivity index (χ4n) is 2.27. The van der Waals surface area contributed by atoms with Crippen LogP contribution in [0.3, 0.4) is 0 Å². The number of nitrogens with zero attached hydrogens (tertiary/aromatic N) is 2. The fourth-order valence-corrected chi connectivity index (χ4v) is 2.27. The molecule has 1 aromatic carbocycles. The van der Waals surface area contributed by atoms with E-state index in [2.05, 4.69) is 41.4 Å². The highest BCUT2D eigenvalue weighted by Crippen LogP contribution is 2.20. The summed E-state index contributed by atoms with van der Waals surface area (Å²) in [5.74, 6) is 0.506. The van der Waals surface area contributed by atoms with Crippen molar-refractivity contribution >= 4 is 18.4 Å². The fraction of sp³-hybridized carbons (Fsp3) is 0.471.